The molecule has 3 nitrogen and oxygen atoms in total. The summed E-state index contributed by atoms with van der Waals surface area (Å²) in [6, 6.07) is 0. The normalized spacial score (nSPS) is 9.08. The van der Waals surface area contributed by atoms with Crippen molar-refractivity contribution in [3.05, 3.63) is 12.7 Å². The maximum atomic E-state index is 10.3. The lowest BCUT2D eigenvalue weighted by Crippen LogP contribution is -2.13. The van der Waals surface area contributed by atoms with Gasteiger partial charge in [0.2, 0.25) is 5.12 Å². The van der Waals surface area contributed by atoms with Crippen molar-refractivity contribution in [1.82, 2.24) is 0 Å². The Balaban J connectivity index is 3.31. The van der Waals surface area contributed by atoms with Crippen molar-refractivity contribution >= 4 is 35.0 Å². The number of carbonyl (C=O) groups excluding carboxylic acids is 1. The van der Waals surface area contributed by atoms with Crippen LogP contribution in [0.4, 0.5) is 0 Å². The van der Waals surface area contributed by atoms with Gasteiger partial charge in [-0.1, -0.05) is 12.7 Å². The van der Waals surface area contributed by atoms with E-state index in [1.165, 1.54) is 0 Å². The van der Waals surface area contributed by atoms with Crippen LogP contribution in [0.5, 0.6) is 0 Å². The zero-order valence-electron chi connectivity index (χ0n) is 6.49. The molecule has 0 spiro atoms. The van der Waals surface area contributed by atoms with E-state index in [-0.39, 0.29) is 18.3 Å². The van der Waals surface area contributed by atoms with Gasteiger partial charge in [-0.2, -0.15) is 0 Å². The van der Waals surface area contributed by atoms with Gasteiger partial charge in [0.1, 0.15) is 19.8 Å². The van der Waals surface area contributed by atoms with E-state index >= 15 is 0 Å². The molecule has 0 heterocycles. The molecule has 0 aliphatic rings. The summed E-state index contributed by atoms with van der Waals surface area (Å²) < 4.78 is 9.75. The Morgan fingerprint density at radius 1 is 1.58 bits per heavy atom. The Hall–Kier alpha value is -0.390. The van der Waals surface area contributed by atoms with Gasteiger partial charge in [0, 0.05) is 0 Å². The number of rotatable bonds is 6. The summed E-state index contributed by atoms with van der Waals surface area (Å²) in [4.78, 5) is 10.3. The van der Waals surface area contributed by atoms with Crippen LogP contribution in [-0.2, 0) is 14.3 Å². The zero-order chi connectivity index (χ0) is 9.40. The van der Waals surface area contributed by atoms with Crippen molar-refractivity contribution in [2.45, 2.75) is 0 Å². The Morgan fingerprint density at radius 2 is 2.25 bits per heavy atom. The molecule has 0 aliphatic carbocycles. The molecule has 0 N–H and O–H groups in total. The molecule has 12 heavy (non-hydrogen) atoms. The lowest BCUT2D eigenvalue weighted by molar-refractivity contribution is -0.114. The molecule has 0 aromatic rings. The van der Waals surface area contributed by atoms with Crippen LogP contribution in [0.25, 0.3) is 0 Å². The molecule has 0 rings (SSSR count). The molecule has 0 aromatic carbocycles. The molecule has 0 atom stereocenters. The van der Waals surface area contributed by atoms with Crippen LogP contribution in [0.1, 0.15) is 0 Å². The first-order chi connectivity index (χ1) is 5.66. The SMILES string of the molecule is C=CCOC(=S)COCC(=O)S. The van der Waals surface area contributed by atoms with Crippen LogP contribution >= 0.6 is 24.8 Å². The van der Waals surface area contributed by atoms with Crippen molar-refractivity contribution in [2.75, 3.05) is 19.8 Å². The molecule has 0 bridgehead atoms. The summed E-state index contributed by atoms with van der Waals surface area (Å²) in [5.41, 5.74) is 0. The van der Waals surface area contributed by atoms with Crippen molar-refractivity contribution in [3.63, 3.8) is 0 Å². The summed E-state index contributed by atoms with van der Waals surface area (Å²) in [5.74, 6) is 0. The van der Waals surface area contributed by atoms with Crippen molar-refractivity contribution in [1.29, 1.82) is 0 Å². The Morgan fingerprint density at radius 3 is 2.75 bits per heavy atom. The molecule has 0 saturated heterocycles. The molecule has 0 aromatic heterocycles. The number of hydrogen-bond donors (Lipinski definition) is 1. The average molecular weight is 206 g/mol. The third kappa shape index (κ3) is 7.71. The fourth-order valence-electron chi connectivity index (χ4n) is 0.415. The highest BCUT2D eigenvalue weighted by Gasteiger charge is 1.98. The molecule has 0 fully saturated rings. The van der Waals surface area contributed by atoms with E-state index in [2.05, 4.69) is 19.2 Å². The lowest BCUT2D eigenvalue weighted by atomic mass is 10.7. The molecular weight excluding hydrogens is 196 g/mol. The molecule has 0 saturated carbocycles. The fourth-order valence-corrected chi connectivity index (χ4v) is 0.658. The van der Waals surface area contributed by atoms with Gasteiger partial charge in [0.15, 0.2) is 5.05 Å². The molecule has 0 unspecified atom stereocenters. The van der Waals surface area contributed by atoms with Crippen LogP contribution in [0.15, 0.2) is 12.7 Å². The average Bonchev–Trinajstić information content (AvgIpc) is 2.00. The predicted octanol–water partition coefficient (Wildman–Crippen LogP) is 0.989. The van der Waals surface area contributed by atoms with Crippen molar-refractivity contribution in [3.8, 4) is 0 Å². The maximum Gasteiger partial charge on any atom is 0.211 e. The Kier molecular flexibility index (Phi) is 7.03. The smallest absolute Gasteiger partial charge is 0.211 e. The highest BCUT2D eigenvalue weighted by molar-refractivity contribution is 7.96. The molecule has 0 amide bonds. The molecule has 0 radical (unpaired) electrons. The first-order valence-corrected chi connectivity index (χ1v) is 4.08. The van der Waals surface area contributed by atoms with Gasteiger partial charge < -0.3 is 9.47 Å². The number of hydrogen-bond acceptors (Lipinski definition) is 4. The van der Waals surface area contributed by atoms with Crippen LogP contribution < -0.4 is 0 Å². The second-order valence-electron chi connectivity index (χ2n) is 1.86. The third-order valence-corrected chi connectivity index (χ3v) is 1.17. The summed E-state index contributed by atoms with van der Waals surface area (Å²) in [5, 5.41) is -0.0222. The van der Waals surface area contributed by atoms with Crippen LogP contribution in [-0.4, -0.2) is 30.0 Å². The van der Waals surface area contributed by atoms with E-state index in [0.29, 0.717) is 11.7 Å². The van der Waals surface area contributed by atoms with E-state index in [1.807, 2.05) is 0 Å². The quantitative estimate of drug-likeness (QED) is 0.399. The van der Waals surface area contributed by atoms with E-state index in [1.54, 1.807) is 6.08 Å². The van der Waals surface area contributed by atoms with E-state index in [0.717, 1.165) is 0 Å². The minimum atomic E-state index is -0.332. The van der Waals surface area contributed by atoms with Crippen LogP contribution in [0.3, 0.4) is 0 Å². The topological polar surface area (TPSA) is 35.5 Å². The van der Waals surface area contributed by atoms with E-state index in [4.69, 9.17) is 21.7 Å². The van der Waals surface area contributed by atoms with Gasteiger partial charge in [-0.3, -0.25) is 4.79 Å². The lowest BCUT2D eigenvalue weighted by Gasteiger charge is -2.03. The fraction of sp³-hybridized carbons (Fsp3) is 0.429. The number of ether oxygens (including phenoxy) is 2. The first-order valence-electron chi connectivity index (χ1n) is 3.23. The number of carbonyl (C=O) groups is 1. The van der Waals surface area contributed by atoms with Gasteiger partial charge in [-0.15, -0.1) is 12.6 Å². The minimum absolute atomic E-state index is 0.0549. The van der Waals surface area contributed by atoms with Crippen LogP contribution in [0, 0.1) is 0 Å². The van der Waals surface area contributed by atoms with Gasteiger partial charge in [-0.25, -0.2) is 0 Å². The van der Waals surface area contributed by atoms with Gasteiger partial charge in [-0.05, 0) is 12.2 Å². The summed E-state index contributed by atoms with van der Waals surface area (Å²) >= 11 is 8.25. The highest BCUT2D eigenvalue weighted by Crippen LogP contribution is 1.87. The number of thiocarbonyl (C=S) groups is 1. The summed E-state index contributed by atoms with van der Waals surface area (Å²) in [6.45, 7) is 3.89. The molecule has 5 heteroatoms. The standard InChI is InChI=1S/C7H10O3S2/c1-2-3-10-7(12)5-9-4-6(8)11/h2H,1,3-5H2,(H,8,11). The monoisotopic (exact) mass is 206 g/mol. The largest absolute Gasteiger partial charge is 0.481 e. The molecular formula is C7H10O3S2. The van der Waals surface area contributed by atoms with Gasteiger partial charge >= 0.3 is 0 Å². The molecule has 0 aliphatic heterocycles. The Bertz CT molecular complexity index is 179. The predicted molar refractivity (Wildman–Crippen MR) is 53.6 cm³/mol. The second kappa shape index (κ2) is 7.27. The van der Waals surface area contributed by atoms with E-state index < -0.39 is 0 Å². The first kappa shape index (κ1) is 11.6. The highest BCUT2D eigenvalue weighted by atomic mass is 32.1. The minimum Gasteiger partial charge on any atom is -0.481 e. The van der Waals surface area contributed by atoms with Crippen LogP contribution in [0.2, 0.25) is 0 Å². The molecule has 68 valence electrons. The van der Waals surface area contributed by atoms with Gasteiger partial charge in [0.05, 0.1) is 0 Å². The maximum absolute atomic E-state index is 10.3. The summed E-state index contributed by atoms with van der Waals surface area (Å²) in [6.07, 6.45) is 1.58. The van der Waals surface area contributed by atoms with Gasteiger partial charge in [0.25, 0.3) is 0 Å². The third-order valence-electron chi connectivity index (χ3n) is 0.808. The van der Waals surface area contributed by atoms with E-state index in [9.17, 15) is 4.79 Å². The number of thiol groups is 1. The second-order valence-corrected chi connectivity index (χ2v) is 2.81. The summed E-state index contributed by atoms with van der Waals surface area (Å²) in [7, 11) is 0. The van der Waals surface area contributed by atoms with Crippen molar-refractivity contribution in [2.24, 2.45) is 0 Å². The zero-order valence-corrected chi connectivity index (χ0v) is 8.20. The van der Waals surface area contributed by atoms with Crippen molar-refractivity contribution < 1.29 is 14.3 Å². The Labute approximate surface area is 82.1 Å².